The summed E-state index contributed by atoms with van der Waals surface area (Å²) in [7, 11) is 1.56. The van der Waals surface area contributed by atoms with Gasteiger partial charge in [-0.25, -0.2) is 4.79 Å². The molecular formula is C20H23N3O5. The Morgan fingerprint density at radius 2 is 1.75 bits per heavy atom. The third kappa shape index (κ3) is 4.21. The highest BCUT2D eigenvalue weighted by atomic mass is 16.7. The molecule has 1 aromatic carbocycles. The molecule has 0 spiro atoms. The molecule has 0 unspecified atom stereocenters. The number of nitrogens with two attached hydrogens (primary N) is 1. The predicted molar refractivity (Wildman–Crippen MR) is 101 cm³/mol. The average molecular weight is 385 g/mol. The number of rotatable bonds is 7. The van der Waals surface area contributed by atoms with Gasteiger partial charge in [-0.3, -0.25) is 14.5 Å². The second-order valence-electron chi connectivity index (χ2n) is 6.76. The van der Waals surface area contributed by atoms with Crippen LogP contribution in [0.4, 0.5) is 0 Å². The summed E-state index contributed by atoms with van der Waals surface area (Å²) >= 11 is 0. The number of ether oxygens (including phenoxy) is 1. The molecule has 8 nitrogen and oxygen atoms in total. The number of benzene rings is 1. The number of nitrogens with zero attached hydrogens (tertiary/aromatic N) is 2. The van der Waals surface area contributed by atoms with Crippen molar-refractivity contribution in [2.24, 2.45) is 22.7 Å². The van der Waals surface area contributed by atoms with E-state index < -0.39 is 5.97 Å². The minimum Gasteiger partial charge on any atom is -0.497 e. The predicted octanol–water partition coefficient (Wildman–Crippen LogP) is 1.59. The Balaban J connectivity index is 1.45. The lowest BCUT2D eigenvalue weighted by molar-refractivity contribution is -0.145. The molecule has 1 aliphatic carbocycles. The van der Waals surface area contributed by atoms with Crippen LogP contribution in [0.2, 0.25) is 0 Å². The minimum atomic E-state index is -0.574. The van der Waals surface area contributed by atoms with Crippen LogP contribution in [0, 0.1) is 11.8 Å². The zero-order chi connectivity index (χ0) is 20.1. The lowest BCUT2D eigenvalue weighted by Gasteiger charge is -2.14. The minimum absolute atomic E-state index is 0.0318. The van der Waals surface area contributed by atoms with Crippen molar-refractivity contribution in [3.05, 3.63) is 42.0 Å². The van der Waals surface area contributed by atoms with Crippen molar-refractivity contribution < 1.29 is 24.0 Å². The Labute approximate surface area is 163 Å². The zero-order valence-corrected chi connectivity index (χ0v) is 15.7. The quantitative estimate of drug-likeness (QED) is 0.191. The van der Waals surface area contributed by atoms with Crippen molar-refractivity contribution in [3.63, 3.8) is 0 Å². The summed E-state index contributed by atoms with van der Waals surface area (Å²) in [4.78, 5) is 42.7. The molecule has 1 fully saturated rings. The van der Waals surface area contributed by atoms with Crippen LogP contribution in [-0.4, -0.2) is 42.2 Å². The van der Waals surface area contributed by atoms with E-state index >= 15 is 0 Å². The molecule has 0 aromatic heterocycles. The van der Waals surface area contributed by atoms with Crippen LogP contribution in [0.3, 0.4) is 0 Å². The first-order valence-corrected chi connectivity index (χ1v) is 9.19. The van der Waals surface area contributed by atoms with Gasteiger partial charge < -0.3 is 15.3 Å². The van der Waals surface area contributed by atoms with E-state index in [0.29, 0.717) is 30.6 Å². The van der Waals surface area contributed by atoms with E-state index in [1.807, 2.05) is 12.2 Å². The van der Waals surface area contributed by atoms with Crippen LogP contribution in [-0.2, 0) is 19.2 Å². The third-order valence-electron chi connectivity index (χ3n) is 4.99. The molecule has 148 valence electrons. The Morgan fingerprint density at radius 1 is 1.14 bits per heavy atom. The highest BCUT2D eigenvalue weighted by Gasteiger charge is 2.46. The summed E-state index contributed by atoms with van der Waals surface area (Å²) in [5.74, 6) is -0.622. The number of carbonyl (C=O) groups excluding carboxylic acids is 3. The monoisotopic (exact) mass is 385 g/mol. The summed E-state index contributed by atoms with van der Waals surface area (Å²) < 4.78 is 5.06. The van der Waals surface area contributed by atoms with E-state index in [0.717, 1.165) is 0 Å². The smallest absolute Gasteiger partial charge is 0.335 e. The van der Waals surface area contributed by atoms with E-state index in [4.69, 9.17) is 15.3 Å². The lowest BCUT2D eigenvalue weighted by Crippen LogP contribution is -2.32. The molecule has 0 radical (unpaired) electrons. The highest BCUT2D eigenvalue weighted by molar-refractivity contribution is 6.05. The SMILES string of the molecule is COc1ccc(/C(N)=N/OC(=O)CCCN2C(=O)[C@H]3CC=CC[C@@H]3C2=O)cc1. The van der Waals surface area contributed by atoms with Crippen molar-refractivity contribution in [1.82, 2.24) is 4.90 Å². The number of hydrogen-bond acceptors (Lipinski definition) is 6. The molecule has 1 aliphatic heterocycles. The standard InChI is InChI=1S/C20H23N3O5/c1-27-14-10-8-13(9-11-14)18(21)22-28-17(24)7-4-12-23-19(25)15-5-2-3-6-16(15)20(23)26/h2-3,8-11,15-16H,4-7,12H2,1H3,(H2,21,22)/t15-,16-/m0/s1. The van der Waals surface area contributed by atoms with Gasteiger partial charge in [0.2, 0.25) is 11.8 Å². The zero-order valence-electron chi connectivity index (χ0n) is 15.7. The van der Waals surface area contributed by atoms with Crippen LogP contribution >= 0.6 is 0 Å². The van der Waals surface area contributed by atoms with Gasteiger partial charge in [-0.05, 0) is 43.5 Å². The number of hydrogen-bond donors (Lipinski definition) is 1. The molecule has 8 heteroatoms. The van der Waals surface area contributed by atoms with Gasteiger partial charge in [-0.1, -0.05) is 17.3 Å². The van der Waals surface area contributed by atoms with Crippen LogP contribution < -0.4 is 10.5 Å². The Hall–Kier alpha value is -3.16. The maximum absolute atomic E-state index is 12.4. The summed E-state index contributed by atoms with van der Waals surface area (Å²) in [5.41, 5.74) is 6.39. The maximum atomic E-state index is 12.4. The van der Waals surface area contributed by atoms with Crippen molar-refractivity contribution >= 4 is 23.6 Å². The number of oxime groups is 1. The number of fused-ring (bicyclic) bond motifs is 1. The van der Waals surface area contributed by atoms with Crippen molar-refractivity contribution in [2.75, 3.05) is 13.7 Å². The number of likely N-dealkylation sites (tertiary alicyclic amines) is 1. The molecule has 3 rings (SSSR count). The molecule has 1 saturated heterocycles. The fourth-order valence-corrected chi connectivity index (χ4v) is 3.43. The second kappa shape index (κ2) is 8.69. The van der Waals surface area contributed by atoms with Gasteiger partial charge in [-0.15, -0.1) is 0 Å². The highest BCUT2D eigenvalue weighted by Crippen LogP contribution is 2.35. The van der Waals surface area contributed by atoms with Crippen molar-refractivity contribution in [3.8, 4) is 5.75 Å². The molecule has 2 amide bonds. The van der Waals surface area contributed by atoms with E-state index in [1.54, 1.807) is 31.4 Å². The number of amidine groups is 1. The van der Waals surface area contributed by atoms with Crippen LogP contribution in [0.25, 0.3) is 0 Å². The first-order chi connectivity index (χ1) is 13.5. The largest absolute Gasteiger partial charge is 0.497 e. The number of imide groups is 1. The molecule has 2 atom stereocenters. The second-order valence-corrected chi connectivity index (χ2v) is 6.76. The summed E-state index contributed by atoms with van der Waals surface area (Å²) in [6.07, 6.45) is 5.45. The molecule has 2 N–H and O–H groups in total. The van der Waals surface area contributed by atoms with Gasteiger partial charge in [0.25, 0.3) is 0 Å². The first-order valence-electron chi connectivity index (χ1n) is 9.19. The molecule has 0 bridgehead atoms. The van der Waals surface area contributed by atoms with Crippen LogP contribution in [0.1, 0.15) is 31.2 Å². The molecule has 1 aromatic rings. The normalized spacial score (nSPS) is 21.6. The topological polar surface area (TPSA) is 111 Å². The summed E-state index contributed by atoms with van der Waals surface area (Å²) in [6.45, 7) is 0.206. The number of allylic oxidation sites excluding steroid dienone is 2. The molecule has 2 aliphatic rings. The van der Waals surface area contributed by atoms with Crippen LogP contribution in [0.5, 0.6) is 5.75 Å². The van der Waals surface area contributed by atoms with E-state index in [2.05, 4.69) is 5.16 Å². The number of amides is 2. The Bertz CT molecular complexity index is 790. The molecule has 0 saturated carbocycles. The molecular weight excluding hydrogens is 362 g/mol. The van der Waals surface area contributed by atoms with E-state index in [-0.39, 0.29) is 42.5 Å². The van der Waals surface area contributed by atoms with Crippen molar-refractivity contribution in [2.45, 2.75) is 25.7 Å². The van der Waals surface area contributed by atoms with Gasteiger partial charge in [0.05, 0.1) is 18.9 Å². The number of carbonyl (C=O) groups is 3. The summed E-state index contributed by atoms with van der Waals surface area (Å²) in [5, 5.41) is 3.64. The van der Waals surface area contributed by atoms with Gasteiger partial charge in [-0.2, -0.15) is 0 Å². The van der Waals surface area contributed by atoms with Gasteiger partial charge >= 0.3 is 5.97 Å². The molecule has 28 heavy (non-hydrogen) atoms. The number of methoxy groups -OCH3 is 1. The molecule has 1 heterocycles. The van der Waals surface area contributed by atoms with Gasteiger partial charge in [0, 0.05) is 18.5 Å². The van der Waals surface area contributed by atoms with Gasteiger partial charge in [0.1, 0.15) is 5.75 Å². The lowest BCUT2D eigenvalue weighted by atomic mass is 9.85. The summed E-state index contributed by atoms with van der Waals surface area (Å²) in [6, 6.07) is 6.84. The van der Waals surface area contributed by atoms with Crippen molar-refractivity contribution in [1.29, 1.82) is 0 Å². The Morgan fingerprint density at radius 3 is 2.32 bits per heavy atom. The average Bonchev–Trinajstić information content (AvgIpc) is 2.97. The first kappa shape index (κ1) is 19.6. The fraction of sp³-hybridized carbons (Fsp3) is 0.400. The van der Waals surface area contributed by atoms with Gasteiger partial charge in [0.15, 0.2) is 5.84 Å². The maximum Gasteiger partial charge on any atom is 0.335 e. The van der Waals surface area contributed by atoms with E-state index in [1.165, 1.54) is 4.90 Å². The third-order valence-corrected chi connectivity index (χ3v) is 4.99. The fourth-order valence-electron chi connectivity index (χ4n) is 3.43. The van der Waals surface area contributed by atoms with Crippen LogP contribution in [0.15, 0.2) is 41.6 Å². The Kier molecular flexibility index (Phi) is 6.08. The van der Waals surface area contributed by atoms with E-state index in [9.17, 15) is 14.4 Å².